The molecule has 17 heavy (non-hydrogen) atoms. The van der Waals surface area contributed by atoms with Gasteiger partial charge in [0.25, 0.3) is 0 Å². The van der Waals surface area contributed by atoms with Gasteiger partial charge in [-0.1, -0.05) is 52.4 Å². The Morgan fingerprint density at radius 2 is 1.24 bits per heavy atom. The van der Waals surface area contributed by atoms with Gasteiger partial charge in [-0.15, -0.1) is 11.1 Å². The van der Waals surface area contributed by atoms with Crippen LogP contribution in [0.4, 0.5) is 0 Å². The Balaban J connectivity index is 0.00000121. The standard InChI is InChI=1S/C14H21O.HI.Re/c1-13(2,3)10-8-7-9-11(12(10)15)14(4,5)6;;/h8-9,15H,1-6H3;1H;/q-1;;+1/p-1. The minimum absolute atomic E-state index is 0.0398. The van der Waals surface area contributed by atoms with E-state index < -0.39 is 0 Å². The summed E-state index contributed by atoms with van der Waals surface area (Å²) in [7, 11) is 0. The molecule has 0 aliphatic heterocycles. The first-order chi connectivity index (χ1) is 7.64. The summed E-state index contributed by atoms with van der Waals surface area (Å²) in [6, 6.07) is 6.88. The van der Waals surface area contributed by atoms with Crippen molar-refractivity contribution in [3.05, 3.63) is 29.3 Å². The average Bonchev–Trinajstić information content (AvgIpc) is 2.17. The Morgan fingerprint density at radius 3 is 1.47 bits per heavy atom. The summed E-state index contributed by atoms with van der Waals surface area (Å²) in [5.41, 5.74) is 1.86. The van der Waals surface area contributed by atoms with E-state index in [1.54, 1.807) is 15.6 Å². The van der Waals surface area contributed by atoms with Crippen LogP contribution in [0.5, 0.6) is 5.75 Å². The fourth-order valence-electron chi connectivity index (χ4n) is 1.63. The second-order valence-electron chi connectivity index (χ2n) is 6.13. The van der Waals surface area contributed by atoms with E-state index in [0.29, 0.717) is 5.75 Å². The molecule has 0 saturated heterocycles. The molecule has 0 aliphatic carbocycles. The van der Waals surface area contributed by atoms with E-state index in [1.165, 1.54) is 0 Å². The molecule has 0 heterocycles. The summed E-state index contributed by atoms with van der Waals surface area (Å²) >= 11 is 3.90. The van der Waals surface area contributed by atoms with Crippen LogP contribution < -0.4 is 0 Å². The number of hydrogen-bond acceptors (Lipinski definition) is 1. The molecule has 0 amide bonds. The molecule has 1 aromatic rings. The van der Waals surface area contributed by atoms with Crippen molar-refractivity contribution in [3.8, 4) is 5.75 Å². The molecule has 0 aromatic heterocycles. The Kier molecular flexibility index (Phi) is 6.70. The second kappa shape index (κ2) is 6.54. The van der Waals surface area contributed by atoms with E-state index in [0.717, 1.165) is 11.1 Å². The molecule has 0 unspecified atom stereocenters. The van der Waals surface area contributed by atoms with Gasteiger partial charge in [0, 0.05) is 5.75 Å². The third kappa shape index (κ3) is 4.89. The fourth-order valence-corrected chi connectivity index (χ4v) is 1.63. The Morgan fingerprint density at radius 1 is 0.941 bits per heavy atom. The summed E-state index contributed by atoms with van der Waals surface area (Å²) in [5.74, 6) is 0.425. The molecule has 0 aliphatic rings. The van der Waals surface area contributed by atoms with Gasteiger partial charge in [0.1, 0.15) is 0 Å². The summed E-state index contributed by atoms with van der Waals surface area (Å²) < 4.78 is 0. The number of phenols is 1. The van der Waals surface area contributed by atoms with Gasteiger partial charge in [0.05, 0.1) is 0 Å². The van der Waals surface area contributed by atoms with Crippen LogP contribution in [-0.4, -0.2) is 5.11 Å². The van der Waals surface area contributed by atoms with E-state index >= 15 is 0 Å². The number of benzene rings is 1. The average molecular weight is 518 g/mol. The van der Waals surface area contributed by atoms with Crippen molar-refractivity contribution < 1.29 is 20.7 Å². The molecule has 3 heteroatoms. The van der Waals surface area contributed by atoms with Gasteiger partial charge in [-0.05, 0) is 0 Å². The van der Waals surface area contributed by atoms with Crippen molar-refractivity contribution in [2.75, 3.05) is 0 Å². The van der Waals surface area contributed by atoms with Crippen LogP contribution in [0.1, 0.15) is 52.7 Å². The molecule has 0 fully saturated rings. The van der Waals surface area contributed by atoms with Crippen LogP contribution in [0.2, 0.25) is 0 Å². The Hall–Kier alpha value is 0.412. The van der Waals surface area contributed by atoms with Crippen LogP contribution in [0.15, 0.2) is 12.1 Å². The van der Waals surface area contributed by atoms with Crippen molar-refractivity contribution >= 4 is 19.5 Å². The molecule has 0 saturated carbocycles. The van der Waals surface area contributed by atoms with Crippen LogP contribution in [0.3, 0.4) is 0 Å². The summed E-state index contributed by atoms with van der Waals surface area (Å²) in [5, 5.41) is 10.2. The molecular weight excluding hydrogens is 497 g/mol. The van der Waals surface area contributed by atoms with Crippen LogP contribution in [-0.2, 0) is 26.4 Å². The molecule has 0 atom stereocenters. The zero-order valence-corrected chi connectivity index (χ0v) is 16.2. The van der Waals surface area contributed by atoms with Crippen molar-refractivity contribution in [1.82, 2.24) is 0 Å². The van der Waals surface area contributed by atoms with Gasteiger partial charge in [-0.2, -0.15) is 18.2 Å². The topological polar surface area (TPSA) is 20.2 Å². The van der Waals surface area contributed by atoms with E-state index in [4.69, 9.17) is 0 Å². The van der Waals surface area contributed by atoms with Crippen molar-refractivity contribution in [2.24, 2.45) is 0 Å². The summed E-state index contributed by atoms with van der Waals surface area (Å²) in [6.45, 7) is 12.6. The fraction of sp³-hybridized carbons (Fsp3) is 0.571. The third-order valence-electron chi connectivity index (χ3n) is 2.58. The van der Waals surface area contributed by atoms with Gasteiger partial charge in [0.15, 0.2) is 0 Å². The molecule has 0 spiro atoms. The first-order valence-electron chi connectivity index (χ1n) is 5.52. The molecular formula is C14H21IORe-. The third-order valence-corrected chi connectivity index (χ3v) is 2.58. The van der Waals surface area contributed by atoms with E-state index in [9.17, 15) is 5.11 Å². The number of halogens is 1. The molecule has 1 rings (SSSR count). The Bertz CT molecular complexity index is 329. The van der Waals surface area contributed by atoms with Gasteiger partial charge >= 0.3 is 35.1 Å². The van der Waals surface area contributed by atoms with Crippen molar-refractivity contribution in [3.63, 3.8) is 0 Å². The monoisotopic (exact) mass is 519 g/mol. The number of hydrogen-bond donors (Lipinski definition) is 1. The summed E-state index contributed by atoms with van der Waals surface area (Å²) in [6.07, 6.45) is 0. The molecule has 98 valence electrons. The van der Waals surface area contributed by atoms with Gasteiger partial charge < -0.3 is 5.11 Å². The zero-order chi connectivity index (χ0) is 13.9. The predicted molar refractivity (Wildman–Crippen MR) is 78.4 cm³/mol. The van der Waals surface area contributed by atoms with E-state index in [2.05, 4.69) is 67.1 Å². The SMILES string of the molecule is CC(C)(C)c1c[c-]cc(C(C)(C)C)c1O.[I][Re]. The first kappa shape index (κ1) is 17.4. The summed E-state index contributed by atoms with van der Waals surface area (Å²) in [4.78, 5) is 0. The van der Waals surface area contributed by atoms with Crippen LogP contribution in [0.25, 0.3) is 0 Å². The molecule has 0 radical (unpaired) electrons. The number of phenolic OH excluding ortho intramolecular Hbond substituents is 1. The predicted octanol–water partition coefficient (Wildman–Crippen LogP) is 4.67. The zero-order valence-electron chi connectivity index (χ0n) is 11.4. The minimum atomic E-state index is -0.0398. The van der Waals surface area contributed by atoms with Crippen molar-refractivity contribution in [2.45, 2.75) is 52.4 Å². The van der Waals surface area contributed by atoms with Crippen LogP contribution in [0, 0.1) is 6.07 Å². The van der Waals surface area contributed by atoms with Crippen molar-refractivity contribution in [1.29, 1.82) is 0 Å². The molecule has 1 N–H and O–H groups in total. The maximum absolute atomic E-state index is 10.2. The quantitative estimate of drug-likeness (QED) is 0.391. The molecule has 0 bridgehead atoms. The number of aromatic hydroxyl groups is 1. The van der Waals surface area contributed by atoms with Gasteiger partial charge in [0.2, 0.25) is 0 Å². The maximum atomic E-state index is 10.2. The number of rotatable bonds is 0. The molecule has 1 aromatic carbocycles. The van der Waals surface area contributed by atoms with Gasteiger partial charge in [-0.25, -0.2) is 0 Å². The second-order valence-corrected chi connectivity index (χ2v) is 6.13. The van der Waals surface area contributed by atoms with E-state index in [-0.39, 0.29) is 10.8 Å². The molecule has 1 nitrogen and oxygen atoms in total. The van der Waals surface area contributed by atoms with Crippen LogP contribution >= 0.6 is 19.5 Å². The van der Waals surface area contributed by atoms with Gasteiger partial charge in [-0.3, -0.25) is 0 Å². The van der Waals surface area contributed by atoms with E-state index in [1.807, 2.05) is 12.1 Å². The Labute approximate surface area is 127 Å². The normalized spacial score (nSPS) is 11.8. The first-order valence-corrected chi connectivity index (χ1v) is 13.2.